The zero-order chi connectivity index (χ0) is 34.5. The molecule has 0 aliphatic carbocycles. The number of nitrogens with zero attached hydrogens (tertiary/aromatic N) is 4. The molecule has 0 fully saturated rings. The quantitative estimate of drug-likeness (QED) is 0.144. The van der Waals surface area contributed by atoms with Crippen molar-refractivity contribution in [3.63, 3.8) is 0 Å². The van der Waals surface area contributed by atoms with Gasteiger partial charge < -0.3 is 14.2 Å². The number of para-hydroxylation sites is 3. The second kappa shape index (κ2) is 11.9. The summed E-state index contributed by atoms with van der Waals surface area (Å²) in [6.45, 7) is 0.698. The first-order valence-electron chi connectivity index (χ1n) is 16.1. The Kier molecular flexibility index (Phi) is 7.24. The molecule has 240 valence electrons. The van der Waals surface area contributed by atoms with E-state index in [1.165, 1.54) is 23.8 Å². The van der Waals surface area contributed by atoms with Crippen molar-refractivity contribution in [2.75, 3.05) is 6.54 Å². The minimum Gasteiger partial charge on any atom is -0.480 e. The number of hydrogen-bond donors (Lipinski definition) is 1. The molecule has 0 spiro atoms. The second-order valence-corrected chi connectivity index (χ2v) is 12.2. The Morgan fingerprint density at radius 3 is 1.72 bits per heavy atom. The molecule has 7 aromatic rings. The predicted molar refractivity (Wildman–Crippen MR) is 195 cm³/mol. The summed E-state index contributed by atoms with van der Waals surface area (Å²) >= 11 is 0. The minimum absolute atomic E-state index is 0.0979. The van der Waals surface area contributed by atoms with Crippen LogP contribution in [-0.2, 0) is 14.4 Å². The number of rotatable bonds is 6. The Bertz CT molecular complexity index is 2660. The topological polar surface area (TPSA) is 108 Å². The fraction of sp³-hybridized carbons (Fsp3) is 0.0476. The van der Waals surface area contributed by atoms with Gasteiger partial charge in [0.2, 0.25) is 0 Å². The highest BCUT2D eigenvalue weighted by molar-refractivity contribution is 6.19. The molecule has 3 heterocycles. The molecule has 0 bridgehead atoms. The van der Waals surface area contributed by atoms with Gasteiger partial charge in [0, 0.05) is 38.5 Å². The monoisotopic (exact) mass is 652 g/mol. The molecule has 5 aromatic carbocycles. The summed E-state index contributed by atoms with van der Waals surface area (Å²) in [5, 5.41) is 23.3. The zero-order valence-electron chi connectivity index (χ0n) is 26.9. The van der Waals surface area contributed by atoms with Gasteiger partial charge in [-0.05, 0) is 78.7 Å². The highest BCUT2D eigenvalue weighted by Crippen LogP contribution is 2.35. The fourth-order valence-electron chi connectivity index (χ4n) is 7.01. The lowest BCUT2D eigenvalue weighted by molar-refractivity contribution is -0.149. The van der Waals surface area contributed by atoms with Gasteiger partial charge in [-0.25, -0.2) is 0 Å². The molecule has 1 aliphatic rings. The van der Waals surface area contributed by atoms with Crippen LogP contribution in [0.2, 0.25) is 0 Å². The van der Waals surface area contributed by atoms with Gasteiger partial charge in [-0.15, -0.1) is 0 Å². The molecule has 8 rings (SSSR count). The van der Waals surface area contributed by atoms with Gasteiger partial charge in [0.05, 0.1) is 22.1 Å². The summed E-state index contributed by atoms with van der Waals surface area (Å²) in [6, 6.07) is 41.8. The van der Waals surface area contributed by atoms with Crippen molar-refractivity contribution in [1.82, 2.24) is 14.0 Å². The van der Waals surface area contributed by atoms with Crippen LogP contribution in [0.4, 0.5) is 0 Å². The molecule has 0 saturated heterocycles. The summed E-state index contributed by atoms with van der Waals surface area (Å²) in [7, 11) is 0. The third-order valence-corrected chi connectivity index (χ3v) is 9.31. The van der Waals surface area contributed by atoms with E-state index in [1.54, 1.807) is 6.08 Å². The van der Waals surface area contributed by atoms with Crippen LogP contribution in [0.1, 0.15) is 12.5 Å². The van der Waals surface area contributed by atoms with E-state index >= 15 is 0 Å². The van der Waals surface area contributed by atoms with E-state index in [9.17, 15) is 24.8 Å². The lowest BCUT2D eigenvalue weighted by atomic mass is 9.95. The number of nitriles is 1. The lowest BCUT2D eigenvalue weighted by Crippen LogP contribution is -2.45. The van der Waals surface area contributed by atoms with Crippen molar-refractivity contribution in [2.45, 2.75) is 6.92 Å². The largest absolute Gasteiger partial charge is 0.480 e. The van der Waals surface area contributed by atoms with Crippen molar-refractivity contribution in [3.05, 3.63) is 150 Å². The molecule has 0 atom stereocenters. The van der Waals surface area contributed by atoms with E-state index in [0.29, 0.717) is 4.90 Å². The number of carboxylic acids is 1. The third kappa shape index (κ3) is 4.80. The number of benzene rings is 5. The first kappa shape index (κ1) is 30.4. The maximum atomic E-state index is 13.0. The summed E-state index contributed by atoms with van der Waals surface area (Å²) in [5.74, 6) is -2.99. The molecule has 2 amide bonds. The smallest absolute Gasteiger partial charge is 0.323 e. The van der Waals surface area contributed by atoms with Gasteiger partial charge in [-0.1, -0.05) is 72.8 Å². The van der Waals surface area contributed by atoms with Crippen LogP contribution >= 0.6 is 0 Å². The van der Waals surface area contributed by atoms with Gasteiger partial charge in [0.15, 0.2) is 0 Å². The number of allylic oxidation sites excluding steroid dienone is 2. The average molecular weight is 653 g/mol. The molecular weight excluding hydrogens is 624 g/mol. The standard InChI is InChI=1S/C42H28N4O4/c1-26-30(41(49)44(25-40(47)48)42(50)35(26)24-43)13-8-9-27-17-22-39-34(23-27)33-12-4-7-16-38(33)46(39)29-20-18-28(19-21-29)45-36-14-5-2-10-31(36)32-11-3-6-15-37(32)45/h2-23H,25H2,1H3,(H,47,48)/b9-8+,30-13-. The zero-order valence-corrected chi connectivity index (χ0v) is 26.9. The summed E-state index contributed by atoms with van der Waals surface area (Å²) < 4.78 is 4.55. The van der Waals surface area contributed by atoms with Gasteiger partial charge in [-0.2, -0.15) is 5.26 Å². The van der Waals surface area contributed by atoms with Crippen LogP contribution in [0.3, 0.4) is 0 Å². The first-order valence-corrected chi connectivity index (χ1v) is 16.1. The number of amides is 2. The van der Waals surface area contributed by atoms with Crippen LogP contribution in [0.25, 0.3) is 61.1 Å². The number of carbonyl (C=O) groups is 3. The van der Waals surface area contributed by atoms with Crippen LogP contribution in [-0.4, -0.2) is 43.5 Å². The van der Waals surface area contributed by atoms with Crippen molar-refractivity contribution in [1.29, 1.82) is 5.26 Å². The van der Waals surface area contributed by atoms with Gasteiger partial charge in [-0.3, -0.25) is 19.3 Å². The number of carbonyl (C=O) groups excluding carboxylic acids is 2. The number of imide groups is 1. The maximum Gasteiger partial charge on any atom is 0.323 e. The predicted octanol–water partition coefficient (Wildman–Crippen LogP) is 8.11. The molecule has 1 aliphatic heterocycles. The molecule has 1 N–H and O–H groups in total. The van der Waals surface area contributed by atoms with Gasteiger partial charge in [0.1, 0.15) is 18.2 Å². The molecular formula is C42H28N4O4. The highest BCUT2D eigenvalue weighted by Gasteiger charge is 2.36. The Balaban J connectivity index is 1.17. The van der Waals surface area contributed by atoms with Crippen molar-refractivity contribution >= 4 is 67.5 Å². The molecule has 8 nitrogen and oxygen atoms in total. The number of hydrogen-bond acceptors (Lipinski definition) is 4. The number of aromatic nitrogens is 2. The number of fused-ring (bicyclic) bond motifs is 6. The highest BCUT2D eigenvalue weighted by atomic mass is 16.4. The van der Waals surface area contributed by atoms with E-state index in [4.69, 9.17) is 0 Å². The summed E-state index contributed by atoms with van der Waals surface area (Å²) in [6.07, 6.45) is 5.03. The fourth-order valence-corrected chi connectivity index (χ4v) is 7.01. The Morgan fingerprint density at radius 2 is 1.20 bits per heavy atom. The summed E-state index contributed by atoms with van der Waals surface area (Å²) in [5.41, 5.74) is 7.47. The molecule has 0 radical (unpaired) electrons. The van der Waals surface area contributed by atoms with Gasteiger partial charge >= 0.3 is 5.97 Å². The lowest BCUT2D eigenvalue weighted by Gasteiger charge is -2.25. The van der Waals surface area contributed by atoms with E-state index in [0.717, 1.165) is 49.8 Å². The molecule has 8 heteroatoms. The van der Waals surface area contributed by atoms with Crippen LogP contribution in [0.5, 0.6) is 0 Å². The van der Waals surface area contributed by atoms with Crippen LogP contribution in [0.15, 0.2) is 144 Å². The van der Waals surface area contributed by atoms with E-state index in [1.807, 2.05) is 30.3 Å². The average Bonchev–Trinajstić information content (AvgIpc) is 3.64. The Hall–Kier alpha value is -6.98. The SMILES string of the molecule is CC1=C(C#N)C(=O)N(CC(=O)O)C(=O)/C1=C\C=C\c1ccc2c(c1)c1ccccc1n2-c1ccc(-n2c3ccccc3c3ccccc32)cc1. The Labute approximate surface area is 286 Å². The van der Waals surface area contributed by atoms with E-state index in [2.05, 4.69) is 106 Å². The molecule has 2 aromatic heterocycles. The van der Waals surface area contributed by atoms with E-state index in [-0.39, 0.29) is 16.7 Å². The first-order chi connectivity index (χ1) is 24.4. The third-order valence-electron chi connectivity index (χ3n) is 9.31. The molecule has 50 heavy (non-hydrogen) atoms. The van der Waals surface area contributed by atoms with E-state index < -0.39 is 24.3 Å². The molecule has 0 saturated carbocycles. The number of carboxylic acid groups (broad SMARTS) is 1. The van der Waals surface area contributed by atoms with Crippen LogP contribution in [0, 0.1) is 11.3 Å². The van der Waals surface area contributed by atoms with Crippen LogP contribution < -0.4 is 0 Å². The summed E-state index contributed by atoms with van der Waals surface area (Å²) in [4.78, 5) is 37.5. The van der Waals surface area contributed by atoms with Gasteiger partial charge in [0.25, 0.3) is 11.8 Å². The minimum atomic E-state index is -1.34. The van der Waals surface area contributed by atoms with Crippen molar-refractivity contribution in [3.8, 4) is 17.4 Å². The normalized spacial score (nSPS) is 14.6. The molecule has 0 unspecified atom stereocenters. The number of aliphatic carboxylic acids is 1. The van der Waals surface area contributed by atoms with Crippen molar-refractivity contribution < 1.29 is 19.5 Å². The maximum absolute atomic E-state index is 13.0. The van der Waals surface area contributed by atoms with Crippen molar-refractivity contribution in [2.24, 2.45) is 0 Å². The second-order valence-electron chi connectivity index (χ2n) is 12.2. The Morgan fingerprint density at radius 1 is 0.700 bits per heavy atom.